The molecule has 0 radical (unpaired) electrons. The van der Waals surface area contributed by atoms with Gasteiger partial charge in [0.15, 0.2) is 0 Å². The molecule has 20 heavy (non-hydrogen) atoms. The highest BCUT2D eigenvalue weighted by Crippen LogP contribution is 2.33. The Bertz CT molecular complexity index is 626. The van der Waals surface area contributed by atoms with Gasteiger partial charge in [-0.3, -0.25) is 0 Å². The van der Waals surface area contributed by atoms with Gasteiger partial charge in [0.1, 0.15) is 17.4 Å². The lowest BCUT2D eigenvalue weighted by molar-refractivity contribution is 0.404. The molecule has 0 spiro atoms. The second-order valence-corrected chi connectivity index (χ2v) is 4.99. The van der Waals surface area contributed by atoms with Crippen molar-refractivity contribution >= 4 is 23.2 Å². The van der Waals surface area contributed by atoms with Crippen LogP contribution in [0.1, 0.15) is 17.2 Å². The van der Waals surface area contributed by atoms with Gasteiger partial charge in [-0.1, -0.05) is 23.2 Å². The predicted octanol–water partition coefficient (Wildman–Crippen LogP) is 4.33. The maximum atomic E-state index is 14.0. The van der Waals surface area contributed by atoms with Crippen LogP contribution in [-0.2, 0) is 0 Å². The molecule has 0 heterocycles. The second-order valence-electron chi connectivity index (χ2n) is 4.15. The smallest absolute Gasteiger partial charge is 0.134 e. The SMILES string of the molecule is COc1cc(F)c(C(N)c2cc(Cl)ccc2Cl)c(F)c1. The van der Waals surface area contributed by atoms with Gasteiger partial charge in [0.25, 0.3) is 0 Å². The van der Waals surface area contributed by atoms with Crippen molar-refractivity contribution in [2.75, 3.05) is 7.11 Å². The second kappa shape index (κ2) is 5.95. The third-order valence-corrected chi connectivity index (χ3v) is 3.47. The fourth-order valence-electron chi connectivity index (χ4n) is 1.88. The Hall–Kier alpha value is -1.36. The van der Waals surface area contributed by atoms with Crippen molar-refractivity contribution in [2.45, 2.75) is 6.04 Å². The Labute approximate surface area is 125 Å². The summed E-state index contributed by atoms with van der Waals surface area (Å²) < 4.78 is 32.8. The summed E-state index contributed by atoms with van der Waals surface area (Å²) in [7, 11) is 1.32. The number of nitrogens with two attached hydrogens (primary N) is 1. The number of benzene rings is 2. The Balaban J connectivity index is 2.53. The third kappa shape index (κ3) is 2.87. The first-order valence-electron chi connectivity index (χ1n) is 5.67. The summed E-state index contributed by atoms with van der Waals surface area (Å²) in [5.74, 6) is -1.52. The summed E-state index contributed by atoms with van der Waals surface area (Å²) in [6, 6.07) is 5.65. The monoisotopic (exact) mass is 317 g/mol. The van der Waals surface area contributed by atoms with Gasteiger partial charge in [0.2, 0.25) is 0 Å². The van der Waals surface area contributed by atoms with E-state index >= 15 is 0 Å². The Morgan fingerprint density at radius 3 is 2.25 bits per heavy atom. The maximum Gasteiger partial charge on any atom is 0.134 e. The van der Waals surface area contributed by atoms with E-state index in [1.54, 1.807) is 6.07 Å². The van der Waals surface area contributed by atoms with Gasteiger partial charge in [-0.05, 0) is 23.8 Å². The first-order valence-corrected chi connectivity index (χ1v) is 6.43. The van der Waals surface area contributed by atoms with Crippen LogP contribution < -0.4 is 10.5 Å². The fraction of sp³-hybridized carbons (Fsp3) is 0.143. The standard InChI is InChI=1S/C14H11Cl2F2NO/c1-20-8-5-11(17)13(12(18)6-8)14(19)9-4-7(15)2-3-10(9)16/h2-6,14H,19H2,1H3. The zero-order valence-electron chi connectivity index (χ0n) is 10.5. The summed E-state index contributed by atoms with van der Waals surface area (Å²) in [6.07, 6.45) is 0. The summed E-state index contributed by atoms with van der Waals surface area (Å²) in [6.45, 7) is 0. The first-order chi connectivity index (χ1) is 9.43. The number of hydrogen-bond acceptors (Lipinski definition) is 2. The molecule has 0 amide bonds. The molecule has 2 N–H and O–H groups in total. The fourth-order valence-corrected chi connectivity index (χ4v) is 2.30. The van der Waals surface area contributed by atoms with Gasteiger partial charge in [-0.2, -0.15) is 0 Å². The van der Waals surface area contributed by atoms with Crippen molar-refractivity contribution < 1.29 is 13.5 Å². The van der Waals surface area contributed by atoms with Crippen LogP contribution in [0.15, 0.2) is 30.3 Å². The van der Waals surface area contributed by atoms with E-state index in [1.165, 1.54) is 19.2 Å². The quantitative estimate of drug-likeness (QED) is 0.914. The zero-order valence-corrected chi connectivity index (χ0v) is 12.0. The van der Waals surface area contributed by atoms with E-state index in [2.05, 4.69) is 0 Å². The van der Waals surface area contributed by atoms with E-state index in [0.29, 0.717) is 10.6 Å². The van der Waals surface area contributed by atoms with E-state index in [-0.39, 0.29) is 16.3 Å². The van der Waals surface area contributed by atoms with Gasteiger partial charge in [0, 0.05) is 27.7 Å². The van der Waals surface area contributed by atoms with E-state index in [9.17, 15) is 8.78 Å². The van der Waals surface area contributed by atoms with Gasteiger partial charge < -0.3 is 10.5 Å². The van der Waals surface area contributed by atoms with E-state index in [4.69, 9.17) is 33.7 Å². The van der Waals surface area contributed by atoms with E-state index in [1.807, 2.05) is 0 Å². The Kier molecular flexibility index (Phi) is 4.48. The van der Waals surface area contributed by atoms with Gasteiger partial charge >= 0.3 is 0 Å². The third-order valence-electron chi connectivity index (χ3n) is 2.89. The number of rotatable bonds is 3. The van der Waals surface area contributed by atoms with Gasteiger partial charge in [-0.25, -0.2) is 8.78 Å². The predicted molar refractivity (Wildman–Crippen MR) is 75.4 cm³/mol. The molecule has 106 valence electrons. The average molecular weight is 318 g/mol. The van der Waals surface area contributed by atoms with Crippen LogP contribution in [0.3, 0.4) is 0 Å². The molecule has 2 aromatic rings. The van der Waals surface area contributed by atoms with Crippen LogP contribution in [0, 0.1) is 11.6 Å². The molecule has 0 aliphatic carbocycles. The molecule has 0 saturated heterocycles. The number of ether oxygens (including phenoxy) is 1. The van der Waals surface area contributed by atoms with Crippen molar-refractivity contribution in [3.8, 4) is 5.75 Å². The van der Waals surface area contributed by atoms with Crippen LogP contribution in [0.5, 0.6) is 5.75 Å². The van der Waals surface area contributed by atoms with Crippen molar-refractivity contribution in [1.29, 1.82) is 0 Å². The molecule has 2 nitrogen and oxygen atoms in total. The normalized spacial score (nSPS) is 12.3. The van der Waals surface area contributed by atoms with Crippen LogP contribution in [0.2, 0.25) is 10.0 Å². The molecule has 0 fully saturated rings. The highest BCUT2D eigenvalue weighted by molar-refractivity contribution is 6.33. The highest BCUT2D eigenvalue weighted by atomic mass is 35.5. The van der Waals surface area contributed by atoms with E-state index in [0.717, 1.165) is 12.1 Å². The molecule has 0 aliphatic heterocycles. The molecule has 2 rings (SSSR count). The van der Waals surface area contributed by atoms with Crippen LogP contribution in [0.25, 0.3) is 0 Å². The molecule has 0 saturated carbocycles. The summed E-state index contributed by atoms with van der Waals surface area (Å²) in [4.78, 5) is 0. The van der Waals surface area contributed by atoms with Gasteiger partial charge in [-0.15, -0.1) is 0 Å². The van der Waals surface area contributed by atoms with Crippen LogP contribution >= 0.6 is 23.2 Å². The molecule has 0 aromatic heterocycles. The van der Waals surface area contributed by atoms with Crippen molar-refractivity contribution in [2.24, 2.45) is 5.73 Å². The summed E-state index contributed by atoms with van der Waals surface area (Å²) in [5, 5.41) is 0.672. The van der Waals surface area contributed by atoms with Gasteiger partial charge in [0.05, 0.1) is 13.2 Å². The maximum absolute atomic E-state index is 14.0. The number of methoxy groups -OCH3 is 1. The van der Waals surface area contributed by atoms with Crippen LogP contribution in [-0.4, -0.2) is 7.11 Å². The van der Waals surface area contributed by atoms with Crippen molar-refractivity contribution in [1.82, 2.24) is 0 Å². The summed E-state index contributed by atoms with van der Waals surface area (Å²) in [5.41, 5.74) is 5.98. The molecule has 1 unspecified atom stereocenters. The largest absolute Gasteiger partial charge is 0.497 e. The van der Waals surface area contributed by atoms with E-state index < -0.39 is 17.7 Å². The Morgan fingerprint density at radius 1 is 1.10 bits per heavy atom. The molecule has 0 aliphatic rings. The average Bonchev–Trinajstić information content (AvgIpc) is 2.40. The lowest BCUT2D eigenvalue weighted by Crippen LogP contribution is -2.16. The minimum absolute atomic E-state index is 0.0770. The topological polar surface area (TPSA) is 35.2 Å². The minimum Gasteiger partial charge on any atom is -0.497 e. The number of halogens is 4. The summed E-state index contributed by atoms with van der Waals surface area (Å²) >= 11 is 11.8. The molecule has 6 heteroatoms. The first kappa shape index (κ1) is 15.0. The molecular formula is C14H11Cl2F2NO. The highest BCUT2D eigenvalue weighted by Gasteiger charge is 2.22. The lowest BCUT2D eigenvalue weighted by atomic mass is 9.98. The van der Waals surface area contributed by atoms with Crippen molar-refractivity contribution in [3.05, 3.63) is 63.1 Å². The number of hydrogen-bond donors (Lipinski definition) is 1. The molecule has 2 aromatic carbocycles. The molecular weight excluding hydrogens is 307 g/mol. The van der Waals surface area contributed by atoms with Crippen molar-refractivity contribution in [3.63, 3.8) is 0 Å². The Morgan fingerprint density at radius 2 is 1.70 bits per heavy atom. The zero-order chi connectivity index (χ0) is 14.9. The lowest BCUT2D eigenvalue weighted by Gasteiger charge is -2.17. The van der Waals surface area contributed by atoms with Crippen LogP contribution in [0.4, 0.5) is 8.78 Å². The molecule has 0 bridgehead atoms. The minimum atomic E-state index is -1.06. The molecule has 1 atom stereocenters.